The van der Waals surface area contributed by atoms with Crippen LogP contribution in [-0.2, 0) is 4.79 Å². The second-order valence-corrected chi connectivity index (χ2v) is 9.89. The number of pyridine rings is 1. The average molecular weight is 449 g/mol. The predicted molar refractivity (Wildman–Crippen MR) is 127 cm³/mol. The molecule has 5 rings (SSSR count). The summed E-state index contributed by atoms with van der Waals surface area (Å²) in [4.78, 5) is 27.1. The number of nitrogens with one attached hydrogen (secondary N) is 1. The van der Waals surface area contributed by atoms with E-state index in [1.807, 2.05) is 61.5 Å². The first-order valence-corrected chi connectivity index (χ1v) is 11.9. The van der Waals surface area contributed by atoms with Crippen molar-refractivity contribution in [1.82, 2.24) is 15.0 Å². The average Bonchev–Trinajstić information content (AvgIpc) is 3.37. The minimum Gasteiger partial charge on any atom is -0.325 e. The Balaban J connectivity index is 1.31. The van der Waals surface area contributed by atoms with E-state index in [0.29, 0.717) is 5.75 Å². The monoisotopic (exact) mass is 448 g/mol. The Morgan fingerprint density at radius 2 is 1.90 bits per heavy atom. The number of carbonyl (C=O) groups is 1. The van der Waals surface area contributed by atoms with Gasteiger partial charge in [0.2, 0.25) is 5.91 Å². The van der Waals surface area contributed by atoms with Crippen molar-refractivity contribution < 1.29 is 4.79 Å². The van der Waals surface area contributed by atoms with Crippen molar-refractivity contribution in [2.24, 2.45) is 0 Å². The van der Waals surface area contributed by atoms with Gasteiger partial charge in [-0.25, -0.2) is 15.0 Å². The van der Waals surface area contributed by atoms with Crippen LogP contribution in [0.4, 0.5) is 5.69 Å². The number of nitrogens with zero attached hydrogens (tertiary/aromatic N) is 3. The first kappa shape index (κ1) is 19.2. The lowest BCUT2D eigenvalue weighted by Gasteiger charge is -2.09. The van der Waals surface area contributed by atoms with E-state index in [-0.39, 0.29) is 5.91 Å². The van der Waals surface area contributed by atoms with E-state index in [2.05, 4.69) is 20.3 Å². The summed E-state index contributed by atoms with van der Waals surface area (Å²) in [5.41, 5.74) is 4.64. The van der Waals surface area contributed by atoms with Crippen LogP contribution in [-0.4, -0.2) is 26.6 Å². The van der Waals surface area contributed by atoms with Crippen LogP contribution in [0.5, 0.6) is 0 Å². The number of carbonyl (C=O) groups excluding carboxylic acids is 1. The topological polar surface area (TPSA) is 67.8 Å². The molecule has 1 amide bonds. The zero-order valence-electron chi connectivity index (χ0n) is 16.0. The zero-order valence-corrected chi connectivity index (χ0v) is 18.4. The van der Waals surface area contributed by atoms with Crippen molar-refractivity contribution in [2.45, 2.75) is 11.3 Å². The highest BCUT2D eigenvalue weighted by atomic mass is 32.2. The number of hydrogen-bond acceptors (Lipinski definition) is 7. The third-order valence-corrected chi connectivity index (χ3v) is 7.73. The Hall–Kier alpha value is -2.81. The first-order chi connectivity index (χ1) is 14.7. The lowest BCUT2D eigenvalue weighted by atomic mass is 10.1. The fourth-order valence-electron chi connectivity index (χ4n) is 3.01. The van der Waals surface area contributed by atoms with Gasteiger partial charge < -0.3 is 5.32 Å². The van der Waals surface area contributed by atoms with Crippen LogP contribution in [0.3, 0.4) is 0 Å². The van der Waals surface area contributed by atoms with Crippen LogP contribution in [0, 0.1) is 6.92 Å². The molecule has 5 nitrogen and oxygen atoms in total. The van der Waals surface area contributed by atoms with Gasteiger partial charge in [0.25, 0.3) is 0 Å². The van der Waals surface area contributed by atoms with E-state index in [9.17, 15) is 4.79 Å². The highest BCUT2D eigenvalue weighted by molar-refractivity contribution is 8.01. The number of anilines is 1. The molecule has 0 saturated heterocycles. The van der Waals surface area contributed by atoms with Gasteiger partial charge in [0.1, 0.15) is 15.4 Å². The molecule has 0 spiro atoms. The molecule has 0 unspecified atom stereocenters. The molecule has 0 fully saturated rings. The van der Waals surface area contributed by atoms with Gasteiger partial charge in [-0.2, -0.15) is 0 Å². The van der Waals surface area contributed by atoms with Gasteiger partial charge in [-0.1, -0.05) is 47.4 Å². The molecule has 5 aromatic rings. The maximum atomic E-state index is 12.6. The molecule has 1 N–H and O–H groups in total. The summed E-state index contributed by atoms with van der Waals surface area (Å²) in [5.74, 6) is 0.264. The molecule has 0 bridgehead atoms. The number of aryl methyl sites for hydroxylation is 1. The quantitative estimate of drug-likeness (QED) is 0.334. The van der Waals surface area contributed by atoms with Crippen LogP contribution in [0.25, 0.3) is 31.1 Å². The van der Waals surface area contributed by atoms with Gasteiger partial charge in [0, 0.05) is 17.4 Å². The largest absolute Gasteiger partial charge is 0.325 e. The fraction of sp³-hybridized carbons (Fsp3) is 0.0909. The number of para-hydroxylation sites is 1. The third-order valence-electron chi connectivity index (χ3n) is 4.53. The highest BCUT2D eigenvalue weighted by Gasteiger charge is 2.12. The van der Waals surface area contributed by atoms with Crippen molar-refractivity contribution in [1.29, 1.82) is 0 Å². The van der Waals surface area contributed by atoms with Gasteiger partial charge in [0.15, 0.2) is 4.34 Å². The van der Waals surface area contributed by atoms with E-state index < -0.39 is 0 Å². The summed E-state index contributed by atoms with van der Waals surface area (Å²) in [5, 5.41) is 3.93. The molecule has 30 heavy (non-hydrogen) atoms. The molecule has 0 radical (unpaired) electrons. The Bertz CT molecular complexity index is 1310. The van der Waals surface area contributed by atoms with Crippen LogP contribution >= 0.6 is 34.4 Å². The number of aromatic nitrogens is 3. The second-order valence-electron chi connectivity index (χ2n) is 6.66. The van der Waals surface area contributed by atoms with Gasteiger partial charge in [0.05, 0.1) is 16.0 Å². The smallest absolute Gasteiger partial charge is 0.234 e. The summed E-state index contributed by atoms with van der Waals surface area (Å²) < 4.78 is 2.04. The molecule has 8 heteroatoms. The molecule has 0 aliphatic heterocycles. The molecule has 3 heterocycles. The molecular weight excluding hydrogens is 432 g/mol. The predicted octanol–water partition coefficient (Wildman–Crippen LogP) is 6.01. The number of benzene rings is 2. The minimum atomic E-state index is -0.0505. The molecule has 2 aromatic carbocycles. The lowest BCUT2D eigenvalue weighted by molar-refractivity contribution is -0.113. The second kappa shape index (κ2) is 8.14. The third kappa shape index (κ3) is 3.94. The number of thioether (sulfide) groups is 1. The summed E-state index contributed by atoms with van der Waals surface area (Å²) in [7, 11) is 0. The first-order valence-electron chi connectivity index (χ1n) is 9.26. The molecule has 0 aliphatic carbocycles. The minimum absolute atomic E-state index is 0.0505. The summed E-state index contributed by atoms with van der Waals surface area (Å²) in [6.07, 6.45) is 1.77. The van der Waals surface area contributed by atoms with E-state index in [4.69, 9.17) is 0 Å². The highest BCUT2D eigenvalue weighted by Crippen LogP contribution is 2.32. The van der Waals surface area contributed by atoms with E-state index in [1.54, 1.807) is 28.9 Å². The van der Waals surface area contributed by atoms with Crippen molar-refractivity contribution in [3.8, 4) is 10.6 Å². The van der Waals surface area contributed by atoms with Gasteiger partial charge >= 0.3 is 0 Å². The summed E-state index contributed by atoms with van der Waals surface area (Å²) >= 11 is 4.62. The molecule has 148 valence electrons. The van der Waals surface area contributed by atoms with Crippen LogP contribution in [0.15, 0.2) is 65.1 Å². The maximum absolute atomic E-state index is 12.6. The zero-order chi connectivity index (χ0) is 20.5. The Labute approximate surface area is 185 Å². The van der Waals surface area contributed by atoms with Crippen LogP contribution in [0.2, 0.25) is 0 Å². The summed E-state index contributed by atoms with van der Waals surface area (Å²) in [6, 6.07) is 17.9. The number of hydrogen-bond donors (Lipinski definition) is 1. The molecule has 0 aliphatic rings. The molecule has 0 atom stereocenters. The normalized spacial score (nSPS) is 11.2. The number of fused-ring (bicyclic) bond motifs is 2. The summed E-state index contributed by atoms with van der Waals surface area (Å²) in [6.45, 7) is 1.99. The fourth-order valence-corrected chi connectivity index (χ4v) is 5.78. The SMILES string of the molecule is Cc1ccc(-c2nc3cccnc3s2)cc1NC(=O)CSc1nc2ccccc2s1. The number of thiazole rings is 2. The Morgan fingerprint density at radius 1 is 1.03 bits per heavy atom. The van der Waals surface area contributed by atoms with E-state index in [1.165, 1.54) is 11.8 Å². The number of rotatable bonds is 5. The standard InChI is InChI=1S/C22H16N4OS3/c1-13-8-9-14(20-25-16-6-4-10-23-21(16)30-20)11-17(13)24-19(27)12-28-22-26-15-5-2-3-7-18(15)29-22/h2-11H,12H2,1H3,(H,24,27). The van der Waals surface area contributed by atoms with Crippen LogP contribution < -0.4 is 5.32 Å². The molecule has 0 saturated carbocycles. The van der Waals surface area contributed by atoms with E-state index >= 15 is 0 Å². The van der Waals surface area contributed by atoms with Crippen LogP contribution in [0.1, 0.15) is 5.56 Å². The maximum Gasteiger partial charge on any atom is 0.234 e. The van der Waals surface area contributed by atoms with Gasteiger partial charge in [-0.15, -0.1) is 11.3 Å². The van der Waals surface area contributed by atoms with Crippen molar-refractivity contribution >= 4 is 66.6 Å². The van der Waals surface area contributed by atoms with Crippen molar-refractivity contribution in [3.63, 3.8) is 0 Å². The van der Waals surface area contributed by atoms with E-state index in [0.717, 1.165) is 46.7 Å². The Kier molecular flexibility index (Phi) is 5.20. The van der Waals surface area contributed by atoms with Crippen molar-refractivity contribution in [3.05, 3.63) is 66.4 Å². The van der Waals surface area contributed by atoms with Gasteiger partial charge in [-0.3, -0.25) is 4.79 Å². The number of amides is 1. The van der Waals surface area contributed by atoms with Gasteiger partial charge in [-0.05, 0) is 42.8 Å². The van der Waals surface area contributed by atoms with Crippen molar-refractivity contribution in [2.75, 3.05) is 11.1 Å². The molecular formula is C22H16N4OS3. The lowest BCUT2D eigenvalue weighted by Crippen LogP contribution is -2.14. The Morgan fingerprint density at radius 3 is 2.77 bits per heavy atom. The molecule has 3 aromatic heterocycles.